The molecule has 0 fully saturated rings. The third-order valence-electron chi connectivity index (χ3n) is 3.41. The fourth-order valence-electron chi connectivity index (χ4n) is 2.31. The number of carbonyl (C=O) groups excluding carboxylic acids is 1. The summed E-state index contributed by atoms with van der Waals surface area (Å²) in [5.74, 6) is 0.883. The molecule has 1 aromatic carbocycles. The number of hydrogen-bond donors (Lipinski definition) is 1. The van der Waals surface area contributed by atoms with Gasteiger partial charge in [-0.3, -0.25) is 4.79 Å². The molecule has 1 atom stereocenters. The van der Waals surface area contributed by atoms with Crippen LogP contribution in [0.1, 0.15) is 28.8 Å². The second-order valence-corrected chi connectivity index (χ2v) is 5.13. The first-order valence-corrected chi connectivity index (χ1v) is 7.24. The molecule has 1 unspecified atom stereocenters. The molecule has 2 rings (SSSR count). The van der Waals surface area contributed by atoms with Gasteiger partial charge in [0.2, 0.25) is 0 Å². The molecule has 0 spiro atoms. The van der Waals surface area contributed by atoms with E-state index in [2.05, 4.69) is 0 Å². The summed E-state index contributed by atoms with van der Waals surface area (Å²) in [4.78, 5) is 11.7. The molecule has 0 saturated carbocycles. The Balaban J connectivity index is 1.79. The van der Waals surface area contributed by atoms with Crippen LogP contribution in [0.2, 0.25) is 0 Å². The molecule has 1 aromatic rings. The Morgan fingerprint density at radius 3 is 2.90 bits per heavy atom. The minimum Gasteiger partial charge on any atom is -0.491 e. The molecule has 116 valence electrons. The monoisotopic (exact) mass is 294 g/mol. The number of carbonyl (C=O) groups is 1. The van der Waals surface area contributed by atoms with Crippen LogP contribution < -0.4 is 4.74 Å². The second kappa shape index (κ2) is 8.12. The number of aryl methyl sites for hydroxylation is 1. The fourth-order valence-corrected chi connectivity index (χ4v) is 2.31. The van der Waals surface area contributed by atoms with Gasteiger partial charge in [0, 0.05) is 19.1 Å². The maximum Gasteiger partial charge on any atom is 0.163 e. The number of aliphatic hydroxyl groups excluding tert-OH is 1. The van der Waals surface area contributed by atoms with Gasteiger partial charge in [-0.2, -0.15) is 0 Å². The van der Waals surface area contributed by atoms with Gasteiger partial charge in [-0.25, -0.2) is 0 Å². The van der Waals surface area contributed by atoms with Crippen LogP contribution >= 0.6 is 0 Å². The highest BCUT2D eigenvalue weighted by Gasteiger charge is 2.17. The summed E-state index contributed by atoms with van der Waals surface area (Å²) in [6.07, 6.45) is 1.75. The van der Waals surface area contributed by atoms with Crippen LogP contribution in [0.3, 0.4) is 0 Å². The van der Waals surface area contributed by atoms with Gasteiger partial charge in [0.1, 0.15) is 18.5 Å². The van der Waals surface area contributed by atoms with E-state index in [0.717, 1.165) is 24.0 Å². The molecule has 5 nitrogen and oxygen atoms in total. The zero-order valence-corrected chi connectivity index (χ0v) is 12.3. The highest BCUT2D eigenvalue weighted by Crippen LogP contribution is 2.25. The Labute approximate surface area is 124 Å². The van der Waals surface area contributed by atoms with Gasteiger partial charge in [-0.15, -0.1) is 0 Å². The van der Waals surface area contributed by atoms with Gasteiger partial charge in [-0.1, -0.05) is 0 Å². The lowest BCUT2D eigenvalue weighted by Crippen LogP contribution is -2.24. The van der Waals surface area contributed by atoms with Crippen LogP contribution in [0.4, 0.5) is 0 Å². The lowest BCUT2D eigenvalue weighted by molar-refractivity contribution is -0.00420. The predicted molar refractivity (Wildman–Crippen MR) is 77.9 cm³/mol. The SMILES string of the molecule is COCCOCC(O)COc1ccc2c(c1)CCCC2=O. The molecule has 0 amide bonds. The van der Waals surface area contributed by atoms with Gasteiger partial charge >= 0.3 is 0 Å². The van der Waals surface area contributed by atoms with Gasteiger partial charge in [0.25, 0.3) is 0 Å². The molecule has 0 heterocycles. The minimum absolute atomic E-state index is 0.166. The van der Waals surface area contributed by atoms with Crippen molar-refractivity contribution in [3.05, 3.63) is 29.3 Å². The van der Waals surface area contributed by atoms with Crippen molar-refractivity contribution in [2.75, 3.05) is 33.5 Å². The molecule has 0 bridgehead atoms. The molecule has 1 aliphatic carbocycles. The van der Waals surface area contributed by atoms with E-state index in [1.165, 1.54) is 0 Å². The highest BCUT2D eigenvalue weighted by molar-refractivity contribution is 5.98. The normalized spacial score (nSPS) is 15.6. The first-order chi connectivity index (χ1) is 10.2. The Hall–Kier alpha value is -1.43. The number of aliphatic hydroxyl groups is 1. The Morgan fingerprint density at radius 1 is 1.24 bits per heavy atom. The maximum atomic E-state index is 11.7. The van der Waals surface area contributed by atoms with E-state index < -0.39 is 6.10 Å². The van der Waals surface area contributed by atoms with Crippen LogP contribution in [-0.4, -0.2) is 50.5 Å². The average molecular weight is 294 g/mol. The van der Waals surface area contributed by atoms with E-state index in [1.807, 2.05) is 12.1 Å². The number of ether oxygens (including phenoxy) is 3. The molecular weight excluding hydrogens is 272 g/mol. The Morgan fingerprint density at radius 2 is 2.10 bits per heavy atom. The highest BCUT2D eigenvalue weighted by atomic mass is 16.5. The minimum atomic E-state index is -0.681. The summed E-state index contributed by atoms with van der Waals surface area (Å²) in [5, 5.41) is 9.75. The van der Waals surface area contributed by atoms with Gasteiger partial charge in [0.05, 0.1) is 19.8 Å². The summed E-state index contributed by atoms with van der Waals surface area (Å²) < 4.78 is 15.6. The zero-order chi connectivity index (χ0) is 15.1. The summed E-state index contributed by atoms with van der Waals surface area (Å²) >= 11 is 0. The van der Waals surface area contributed by atoms with Crippen molar-refractivity contribution in [1.82, 2.24) is 0 Å². The molecular formula is C16H22O5. The lowest BCUT2D eigenvalue weighted by atomic mass is 9.90. The molecule has 0 saturated heterocycles. The number of ketones is 1. The summed E-state index contributed by atoms with van der Waals surface area (Å²) in [5.41, 5.74) is 1.84. The van der Waals surface area contributed by atoms with Gasteiger partial charge in [0.15, 0.2) is 5.78 Å². The topological polar surface area (TPSA) is 65.0 Å². The van der Waals surface area contributed by atoms with E-state index in [0.29, 0.717) is 25.4 Å². The van der Waals surface area contributed by atoms with Crippen molar-refractivity contribution in [2.24, 2.45) is 0 Å². The molecule has 1 N–H and O–H groups in total. The number of fused-ring (bicyclic) bond motifs is 1. The van der Waals surface area contributed by atoms with E-state index in [4.69, 9.17) is 14.2 Å². The number of hydrogen-bond acceptors (Lipinski definition) is 5. The first-order valence-electron chi connectivity index (χ1n) is 7.24. The number of rotatable bonds is 8. The quantitative estimate of drug-likeness (QED) is 0.738. The van der Waals surface area contributed by atoms with Gasteiger partial charge < -0.3 is 19.3 Å². The smallest absolute Gasteiger partial charge is 0.163 e. The third-order valence-corrected chi connectivity index (χ3v) is 3.41. The third kappa shape index (κ3) is 4.81. The fraction of sp³-hybridized carbons (Fsp3) is 0.562. The standard InChI is InChI=1S/C16H22O5/c1-19-7-8-20-10-13(17)11-21-14-5-6-15-12(9-14)3-2-4-16(15)18/h5-6,9,13,17H,2-4,7-8,10-11H2,1H3. The van der Waals surface area contributed by atoms with Gasteiger partial charge in [-0.05, 0) is 36.6 Å². The maximum absolute atomic E-state index is 11.7. The number of Topliss-reactive ketones (excluding diaryl/α,β-unsaturated/α-hetero) is 1. The largest absolute Gasteiger partial charge is 0.491 e. The molecule has 0 aliphatic heterocycles. The summed E-state index contributed by atoms with van der Waals surface area (Å²) in [6.45, 7) is 1.34. The van der Waals surface area contributed by atoms with Crippen molar-refractivity contribution in [3.63, 3.8) is 0 Å². The first kappa shape index (κ1) is 15.9. The lowest BCUT2D eigenvalue weighted by Gasteiger charge is -2.17. The Kier molecular flexibility index (Phi) is 6.17. The molecule has 21 heavy (non-hydrogen) atoms. The Bertz CT molecular complexity index is 472. The summed E-state index contributed by atoms with van der Waals surface area (Å²) in [7, 11) is 1.60. The molecule has 5 heteroatoms. The van der Waals surface area contributed by atoms with Crippen LogP contribution in [0.25, 0.3) is 0 Å². The average Bonchev–Trinajstić information content (AvgIpc) is 2.50. The number of benzene rings is 1. The molecule has 0 radical (unpaired) electrons. The molecule has 0 aromatic heterocycles. The number of methoxy groups -OCH3 is 1. The van der Waals surface area contributed by atoms with Crippen LogP contribution in [0.15, 0.2) is 18.2 Å². The van der Waals surface area contributed by atoms with E-state index in [9.17, 15) is 9.90 Å². The van der Waals surface area contributed by atoms with Crippen molar-refractivity contribution >= 4 is 5.78 Å². The van der Waals surface area contributed by atoms with E-state index in [1.54, 1.807) is 13.2 Å². The van der Waals surface area contributed by atoms with Crippen molar-refractivity contribution in [3.8, 4) is 5.75 Å². The van der Waals surface area contributed by atoms with Crippen molar-refractivity contribution < 1.29 is 24.1 Å². The van der Waals surface area contributed by atoms with Crippen molar-refractivity contribution in [1.29, 1.82) is 0 Å². The van der Waals surface area contributed by atoms with E-state index in [-0.39, 0.29) is 19.0 Å². The second-order valence-electron chi connectivity index (χ2n) is 5.13. The van der Waals surface area contributed by atoms with Crippen LogP contribution in [0, 0.1) is 0 Å². The predicted octanol–water partition coefficient (Wildman–Crippen LogP) is 1.61. The van der Waals surface area contributed by atoms with E-state index >= 15 is 0 Å². The van der Waals surface area contributed by atoms with Crippen LogP contribution in [0.5, 0.6) is 5.75 Å². The zero-order valence-electron chi connectivity index (χ0n) is 12.3. The van der Waals surface area contributed by atoms with Crippen LogP contribution in [-0.2, 0) is 15.9 Å². The molecule has 1 aliphatic rings. The summed E-state index contributed by atoms with van der Waals surface area (Å²) in [6, 6.07) is 5.49. The van der Waals surface area contributed by atoms with Crippen molar-refractivity contribution in [2.45, 2.75) is 25.4 Å².